The van der Waals surface area contributed by atoms with Gasteiger partial charge in [0.2, 0.25) is 0 Å². The summed E-state index contributed by atoms with van der Waals surface area (Å²) in [6.07, 6.45) is 1.26. The minimum absolute atomic E-state index is 0.0620. The average Bonchev–Trinajstić information content (AvgIpc) is 2.63. The number of rotatable bonds is 7. The van der Waals surface area contributed by atoms with Crippen molar-refractivity contribution in [3.8, 4) is 0 Å². The Morgan fingerprint density at radius 2 is 1.82 bits per heavy atom. The van der Waals surface area contributed by atoms with Gasteiger partial charge in [-0.15, -0.1) is 0 Å². The molecule has 150 valence electrons. The van der Waals surface area contributed by atoms with E-state index in [9.17, 15) is 18.4 Å². The highest BCUT2D eigenvalue weighted by atomic mass is 32.2. The van der Waals surface area contributed by atoms with E-state index >= 15 is 0 Å². The number of aryl methyl sites for hydroxylation is 2. The van der Waals surface area contributed by atoms with Gasteiger partial charge in [0.1, 0.15) is 0 Å². The van der Waals surface area contributed by atoms with E-state index < -0.39 is 29.6 Å². The predicted molar refractivity (Wildman–Crippen MR) is 102 cm³/mol. The van der Waals surface area contributed by atoms with E-state index in [2.05, 4.69) is 15.3 Å². The summed E-state index contributed by atoms with van der Waals surface area (Å²) in [5.41, 5.74) is 2.54. The number of esters is 1. The maximum absolute atomic E-state index is 13.2. The molecule has 9 heteroatoms. The molecule has 0 spiro atoms. The van der Waals surface area contributed by atoms with Crippen LogP contribution in [0.3, 0.4) is 0 Å². The number of carbonyl (C=O) groups is 2. The number of halogens is 2. The van der Waals surface area contributed by atoms with Crippen molar-refractivity contribution in [1.82, 2.24) is 9.97 Å². The van der Waals surface area contributed by atoms with E-state index in [0.29, 0.717) is 11.6 Å². The van der Waals surface area contributed by atoms with Gasteiger partial charge >= 0.3 is 5.97 Å². The van der Waals surface area contributed by atoms with Gasteiger partial charge in [0.15, 0.2) is 22.9 Å². The Kier molecular flexibility index (Phi) is 7.45. The topological polar surface area (TPSA) is 81.2 Å². The van der Waals surface area contributed by atoms with E-state index in [-0.39, 0.29) is 12.1 Å². The molecule has 1 heterocycles. The van der Waals surface area contributed by atoms with Crippen LogP contribution in [0.1, 0.15) is 30.3 Å². The van der Waals surface area contributed by atoms with Gasteiger partial charge in [-0.25, -0.2) is 18.7 Å². The van der Waals surface area contributed by atoms with Crippen LogP contribution in [-0.4, -0.2) is 34.2 Å². The molecule has 0 saturated heterocycles. The molecule has 2 rings (SSSR count). The molecule has 6 nitrogen and oxygen atoms in total. The molecular formula is C19H21F2N3O3S. The number of ether oxygens (including phenoxy) is 1. The Labute approximate surface area is 166 Å². The van der Waals surface area contributed by atoms with E-state index in [1.807, 2.05) is 20.1 Å². The molecule has 1 N–H and O–H groups in total. The van der Waals surface area contributed by atoms with Gasteiger partial charge in [-0.1, -0.05) is 11.8 Å². The number of nitrogens with zero attached hydrogens (tertiary/aromatic N) is 2. The fourth-order valence-electron chi connectivity index (χ4n) is 2.52. The summed E-state index contributed by atoms with van der Waals surface area (Å²) in [5, 5.41) is 3.04. The van der Waals surface area contributed by atoms with E-state index in [1.165, 1.54) is 24.8 Å². The third-order valence-electron chi connectivity index (χ3n) is 4.03. The van der Waals surface area contributed by atoms with Crippen molar-refractivity contribution >= 4 is 29.3 Å². The highest BCUT2D eigenvalue weighted by Crippen LogP contribution is 2.18. The summed E-state index contributed by atoms with van der Waals surface area (Å²) in [5.74, 6) is -3.29. The molecule has 1 aromatic heterocycles. The maximum Gasteiger partial charge on any atom is 0.306 e. The van der Waals surface area contributed by atoms with Gasteiger partial charge in [0.25, 0.3) is 5.91 Å². The summed E-state index contributed by atoms with van der Waals surface area (Å²) in [6.45, 7) is 5.11. The second-order valence-electron chi connectivity index (χ2n) is 6.11. The van der Waals surface area contributed by atoms with Crippen molar-refractivity contribution in [3.05, 3.63) is 46.8 Å². The number of amides is 1. The Morgan fingerprint density at radius 3 is 2.39 bits per heavy atom. The molecule has 2 aromatic rings. The molecule has 0 saturated carbocycles. The Hall–Kier alpha value is -2.55. The molecule has 0 bridgehead atoms. The molecule has 0 aliphatic heterocycles. The molecule has 0 radical (unpaired) electrons. The summed E-state index contributed by atoms with van der Waals surface area (Å²) >= 11 is 1.44. The van der Waals surface area contributed by atoms with Crippen molar-refractivity contribution in [3.63, 3.8) is 0 Å². The lowest BCUT2D eigenvalue weighted by Crippen LogP contribution is -2.30. The molecule has 0 aliphatic carbocycles. The van der Waals surface area contributed by atoms with Crippen molar-refractivity contribution in [2.75, 3.05) is 11.6 Å². The predicted octanol–water partition coefficient (Wildman–Crippen LogP) is 3.60. The minimum atomic E-state index is -1.09. The monoisotopic (exact) mass is 409 g/mol. The van der Waals surface area contributed by atoms with Gasteiger partial charge in [0, 0.05) is 29.6 Å². The normalized spacial score (nSPS) is 11.8. The second kappa shape index (κ2) is 9.59. The third-order valence-corrected chi connectivity index (χ3v) is 4.57. The largest absolute Gasteiger partial charge is 0.453 e. The first-order valence-electron chi connectivity index (χ1n) is 8.54. The lowest BCUT2D eigenvalue weighted by Gasteiger charge is -2.14. The van der Waals surface area contributed by atoms with Gasteiger partial charge in [-0.05, 0) is 51.1 Å². The first-order valence-corrected chi connectivity index (χ1v) is 9.77. The van der Waals surface area contributed by atoms with Crippen LogP contribution in [0.25, 0.3) is 0 Å². The molecule has 1 aromatic carbocycles. The minimum Gasteiger partial charge on any atom is -0.453 e. The Balaban J connectivity index is 1.90. The quantitative estimate of drug-likeness (QED) is 0.428. The van der Waals surface area contributed by atoms with E-state index in [0.717, 1.165) is 29.1 Å². The van der Waals surface area contributed by atoms with Crippen LogP contribution in [0.2, 0.25) is 0 Å². The van der Waals surface area contributed by atoms with Gasteiger partial charge in [0.05, 0.1) is 0 Å². The lowest BCUT2D eigenvalue weighted by molar-refractivity contribution is -0.153. The van der Waals surface area contributed by atoms with Crippen molar-refractivity contribution in [2.45, 2.75) is 44.9 Å². The van der Waals surface area contributed by atoms with Crippen LogP contribution >= 0.6 is 11.8 Å². The van der Waals surface area contributed by atoms with Crippen molar-refractivity contribution < 1.29 is 23.1 Å². The number of hydrogen-bond donors (Lipinski definition) is 1. The summed E-state index contributed by atoms with van der Waals surface area (Å²) in [7, 11) is 0. The van der Waals surface area contributed by atoms with Crippen LogP contribution in [0, 0.1) is 25.5 Å². The Bertz CT molecular complexity index is 870. The number of thioether (sulfide) groups is 1. The van der Waals surface area contributed by atoms with Crippen LogP contribution in [0.4, 0.5) is 14.5 Å². The molecule has 0 fully saturated rings. The number of carbonyl (C=O) groups excluding carboxylic acids is 2. The van der Waals surface area contributed by atoms with Crippen LogP contribution in [0.15, 0.2) is 23.4 Å². The lowest BCUT2D eigenvalue weighted by atomic mass is 10.1. The van der Waals surface area contributed by atoms with Crippen molar-refractivity contribution in [2.24, 2.45) is 0 Å². The number of benzene rings is 1. The van der Waals surface area contributed by atoms with Crippen molar-refractivity contribution in [1.29, 1.82) is 0 Å². The number of hydrogen-bond acceptors (Lipinski definition) is 6. The zero-order chi connectivity index (χ0) is 20.8. The zero-order valence-electron chi connectivity index (χ0n) is 16.0. The van der Waals surface area contributed by atoms with Crippen LogP contribution < -0.4 is 5.32 Å². The second-order valence-corrected chi connectivity index (χ2v) is 6.88. The van der Waals surface area contributed by atoms with Gasteiger partial charge in [-0.3, -0.25) is 9.59 Å². The van der Waals surface area contributed by atoms with Gasteiger partial charge in [-0.2, -0.15) is 0 Å². The summed E-state index contributed by atoms with van der Waals surface area (Å²) in [6, 6.07) is 2.97. The first-order chi connectivity index (χ1) is 13.2. The molecule has 0 unspecified atom stereocenters. The standard InChI is InChI=1S/C19H21F2N3O3S/c1-10-14(11(2)23-19(22-10)28-4)6-8-17(25)27-12(3)18(26)24-13-5-7-15(20)16(21)9-13/h5,7,9,12H,6,8H2,1-4H3,(H,24,26)/t12-/m0/s1. The maximum atomic E-state index is 13.2. The number of nitrogens with one attached hydrogen (secondary N) is 1. The number of anilines is 1. The van der Waals surface area contributed by atoms with Crippen LogP contribution in [-0.2, 0) is 20.7 Å². The Morgan fingerprint density at radius 1 is 1.18 bits per heavy atom. The highest BCUT2D eigenvalue weighted by Gasteiger charge is 2.19. The van der Waals surface area contributed by atoms with Gasteiger partial charge < -0.3 is 10.1 Å². The molecule has 28 heavy (non-hydrogen) atoms. The molecular weight excluding hydrogens is 388 g/mol. The van der Waals surface area contributed by atoms with E-state index in [4.69, 9.17) is 4.74 Å². The third kappa shape index (κ3) is 5.72. The molecule has 1 atom stereocenters. The SMILES string of the molecule is CSc1nc(C)c(CCC(=O)O[C@@H](C)C(=O)Nc2ccc(F)c(F)c2)c(C)n1. The summed E-state index contributed by atoms with van der Waals surface area (Å²) < 4.78 is 31.2. The highest BCUT2D eigenvalue weighted by molar-refractivity contribution is 7.98. The molecule has 1 amide bonds. The molecule has 0 aliphatic rings. The first kappa shape index (κ1) is 21.7. The zero-order valence-corrected chi connectivity index (χ0v) is 16.8. The van der Waals surface area contributed by atoms with E-state index in [1.54, 1.807) is 0 Å². The fourth-order valence-corrected chi connectivity index (χ4v) is 2.97. The summed E-state index contributed by atoms with van der Waals surface area (Å²) in [4.78, 5) is 32.9. The smallest absolute Gasteiger partial charge is 0.306 e. The average molecular weight is 409 g/mol. The fraction of sp³-hybridized carbons (Fsp3) is 0.368. The number of aromatic nitrogens is 2. The van der Waals surface area contributed by atoms with Crippen LogP contribution in [0.5, 0.6) is 0 Å².